The van der Waals surface area contributed by atoms with Crippen LogP contribution in [0.3, 0.4) is 0 Å². The summed E-state index contributed by atoms with van der Waals surface area (Å²) in [7, 11) is 0. The second-order valence-electron chi connectivity index (χ2n) is 3.89. The van der Waals surface area contributed by atoms with E-state index in [1.807, 2.05) is 0 Å². The van der Waals surface area contributed by atoms with Crippen molar-refractivity contribution >= 4 is 5.91 Å². The topological polar surface area (TPSA) is 32.3 Å². The lowest BCUT2D eigenvalue weighted by atomic mass is 9.93. The van der Waals surface area contributed by atoms with Crippen LogP contribution in [0.1, 0.15) is 19.3 Å². The predicted octanol–water partition coefficient (Wildman–Crippen LogP) is 0.310. The van der Waals surface area contributed by atoms with Gasteiger partial charge in [0.15, 0.2) is 0 Å². The first-order valence-corrected chi connectivity index (χ1v) is 4.91. The summed E-state index contributed by atoms with van der Waals surface area (Å²) in [5, 5.41) is 2.94. The predicted molar refractivity (Wildman–Crippen MR) is 47.1 cm³/mol. The number of hydrogen-bond donors (Lipinski definition) is 1. The summed E-state index contributed by atoms with van der Waals surface area (Å²) in [5.41, 5.74) is -1.61. The number of carbonyl (C=O) groups is 1. The Morgan fingerprint density at radius 1 is 1.38 bits per heavy atom. The third-order valence-corrected chi connectivity index (χ3v) is 2.86. The molecule has 13 heavy (non-hydrogen) atoms. The van der Waals surface area contributed by atoms with Gasteiger partial charge in [-0.2, -0.15) is 0 Å². The zero-order valence-electron chi connectivity index (χ0n) is 7.68. The van der Waals surface area contributed by atoms with Crippen molar-refractivity contribution in [3.8, 4) is 0 Å². The van der Waals surface area contributed by atoms with Crippen molar-refractivity contribution in [2.75, 3.05) is 26.2 Å². The second-order valence-corrected chi connectivity index (χ2v) is 3.89. The van der Waals surface area contributed by atoms with E-state index in [-0.39, 0.29) is 12.5 Å². The molecule has 2 heterocycles. The van der Waals surface area contributed by atoms with Crippen molar-refractivity contribution in [1.29, 1.82) is 0 Å². The maximum Gasteiger partial charge on any atom is 0.261 e. The van der Waals surface area contributed by atoms with Crippen LogP contribution in [0.25, 0.3) is 0 Å². The molecule has 0 aliphatic carbocycles. The third kappa shape index (κ3) is 1.55. The number of carbonyl (C=O) groups excluding carboxylic acids is 1. The third-order valence-electron chi connectivity index (χ3n) is 2.86. The maximum atomic E-state index is 14.0. The first-order chi connectivity index (χ1) is 6.22. The summed E-state index contributed by atoms with van der Waals surface area (Å²) in [4.78, 5) is 13.2. The molecular formula is C9H15FN2O. The van der Waals surface area contributed by atoms with Crippen molar-refractivity contribution in [2.45, 2.75) is 24.9 Å². The van der Waals surface area contributed by atoms with E-state index in [4.69, 9.17) is 0 Å². The molecule has 2 aliphatic rings. The molecule has 0 aromatic carbocycles. The van der Waals surface area contributed by atoms with Crippen LogP contribution >= 0.6 is 0 Å². The van der Waals surface area contributed by atoms with Gasteiger partial charge in [-0.25, -0.2) is 4.39 Å². The Kier molecular flexibility index (Phi) is 2.24. The summed E-state index contributed by atoms with van der Waals surface area (Å²) in [5.74, 6) is -0.300. The molecule has 0 saturated carbocycles. The van der Waals surface area contributed by atoms with Gasteiger partial charge in [0.25, 0.3) is 5.91 Å². The number of rotatable bonds is 1. The van der Waals surface area contributed by atoms with Crippen molar-refractivity contribution in [1.82, 2.24) is 10.2 Å². The highest BCUT2D eigenvalue weighted by molar-refractivity contribution is 5.86. The van der Waals surface area contributed by atoms with Gasteiger partial charge in [0.1, 0.15) is 0 Å². The zero-order valence-corrected chi connectivity index (χ0v) is 7.68. The highest BCUT2D eigenvalue weighted by atomic mass is 19.1. The van der Waals surface area contributed by atoms with E-state index in [1.54, 1.807) is 4.90 Å². The molecule has 0 aromatic heterocycles. The summed E-state index contributed by atoms with van der Waals surface area (Å²) < 4.78 is 14.0. The minimum Gasteiger partial charge on any atom is -0.340 e. The first kappa shape index (κ1) is 8.94. The van der Waals surface area contributed by atoms with Crippen molar-refractivity contribution in [3.05, 3.63) is 0 Å². The van der Waals surface area contributed by atoms with Gasteiger partial charge in [0, 0.05) is 19.6 Å². The van der Waals surface area contributed by atoms with E-state index in [9.17, 15) is 9.18 Å². The zero-order chi connectivity index (χ0) is 9.31. The molecule has 1 atom stereocenters. The average molecular weight is 186 g/mol. The van der Waals surface area contributed by atoms with E-state index >= 15 is 0 Å². The summed E-state index contributed by atoms with van der Waals surface area (Å²) in [6.45, 7) is 2.51. The van der Waals surface area contributed by atoms with Gasteiger partial charge in [-0.05, 0) is 25.8 Å². The number of amides is 1. The molecule has 2 fully saturated rings. The fourth-order valence-corrected chi connectivity index (χ4v) is 1.85. The number of likely N-dealkylation sites (tertiary alicyclic amines) is 1. The van der Waals surface area contributed by atoms with Gasteiger partial charge >= 0.3 is 0 Å². The van der Waals surface area contributed by atoms with Crippen LogP contribution in [0.2, 0.25) is 0 Å². The smallest absolute Gasteiger partial charge is 0.261 e. The molecule has 74 valence electrons. The number of nitrogens with one attached hydrogen (secondary N) is 1. The minimum atomic E-state index is -1.61. The summed E-state index contributed by atoms with van der Waals surface area (Å²) in [6, 6.07) is 0. The van der Waals surface area contributed by atoms with E-state index in [0.29, 0.717) is 6.42 Å². The Morgan fingerprint density at radius 2 is 2.15 bits per heavy atom. The highest BCUT2D eigenvalue weighted by Gasteiger charge is 2.43. The number of alkyl halides is 1. The van der Waals surface area contributed by atoms with Crippen LogP contribution in [0, 0.1) is 0 Å². The monoisotopic (exact) mass is 186 g/mol. The second kappa shape index (κ2) is 3.25. The fraction of sp³-hybridized carbons (Fsp3) is 0.889. The van der Waals surface area contributed by atoms with Gasteiger partial charge in [-0.1, -0.05) is 0 Å². The molecule has 1 unspecified atom stereocenters. The van der Waals surface area contributed by atoms with E-state index in [0.717, 1.165) is 32.5 Å². The van der Waals surface area contributed by atoms with Gasteiger partial charge in [0.2, 0.25) is 5.67 Å². The van der Waals surface area contributed by atoms with Gasteiger partial charge in [-0.3, -0.25) is 4.79 Å². The Balaban J connectivity index is 1.99. The Bertz CT molecular complexity index is 210. The van der Waals surface area contributed by atoms with E-state index in [2.05, 4.69) is 5.32 Å². The quantitative estimate of drug-likeness (QED) is 0.639. The number of hydrogen-bond acceptors (Lipinski definition) is 2. The first-order valence-electron chi connectivity index (χ1n) is 4.91. The van der Waals surface area contributed by atoms with E-state index in [1.165, 1.54) is 0 Å². The molecule has 4 heteroatoms. The lowest BCUT2D eigenvalue weighted by Gasteiger charge is -2.38. The van der Waals surface area contributed by atoms with Crippen LogP contribution in [0.4, 0.5) is 4.39 Å². The largest absolute Gasteiger partial charge is 0.340 e. The lowest BCUT2D eigenvalue weighted by Crippen LogP contribution is -2.57. The SMILES string of the molecule is O=C(N1CCC1)C1(F)CCCNC1. The Hall–Kier alpha value is -0.640. The molecule has 3 nitrogen and oxygen atoms in total. The highest BCUT2D eigenvalue weighted by Crippen LogP contribution is 2.25. The molecule has 2 saturated heterocycles. The number of nitrogens with zero attached hydrogens (tertiary/aromatic N) is 1. The molecule has 1 N–H and O–H groups in total. The summed E-state index contributed by atoms with van der Waals surface area (Å²) in [6.07, 6.45) is 2.17. The van der Waals surface area contributed by atoms with Crippen LogP contribution in [-0.4, -0.2) is 42.7 Å². The van der Waals surface area contributed by atoms with Crippen molar-refractivity contribution < 1.29 is 9.18 Å². The van der Waals surface area contributed by atoms with Gasteiger partial charge in [0.05, 0.1) is 0 Å². The van der Waals surface area contributed by atoms with Crippen molar-refractivity contribution in [2.24, 2.45) is 0 Å². The van der Waals surface area contributed by atoms with Gasteiger partial charge in [-0.15, -0.1) is 0 Å². The number of piperidine rings is 1. The molecule has 0 aromatic rings. The molecule has 2 aliphatic heterocycles. The molecular weight excluding hydrogens is 171 g/mol. The average Bonchev–Trinajstić information content (AvgIpc) is 2.02. The number of halogens is 1. The standard InChI is InChI=1S/C9H15FN2O/c10-9(3-1-4-11-7-9)8(13)12-5-2-6-12/h11H,1-7H2. The molecule has 0 spiro atoms. The lowest BCUT2D eigenvalue weighted by molar-refractivity contribution is -0.148. The minimum absolute atomic E-state index is 0.197. The normalized spacial score (nSPS) is 34.1. The van der Waals surface area contributed by atoms with Crippen LogP contribution in [0.15, 0.2) is 0 Å². The van der Waals surface area contributed by atoms with Crippen LogP contribution in [0.5, 0.6) is 0 Å². The van der Waals surface area contributed by atoms with Crippen LogP contribution in [-0.2, 0) is 4.79 Å². The van der Waals surface area contributed by atoms with Crippen molar-refractivity contribution in [3.63, 3.8) is 0 Å². The summed E-state index contributed by atoms with van der Waals surface area (Å²) >= 11 is 0. The molecule has 1 amide bonds. The fourth-order valence-electron chi connectivity index (χ4n) is 1.85. The Morgan fingerprint density at radius 3 is 2.62 bits per heavy atom. The van der Waals surface area contributed by atoms with E-state index < -0.39 is 5.67 Å². The molecule has 0 radical (unpaired) electrons. The van der Waals surface area contributed by atoms with Gasteiger partial charge < -0.3 is 10.2 Å². The molecule has 0 bridgehead atoms. The maximum absolute atomic E-state index is 14.0. The molecule has 2 rings (SSSR count). The van der Waals surface area contributed by atoms with Crippen LogP contribution < -0.4 is 5.32 Å². The Labute approximate surface area is 77.3 Å².